The van der Waals surface area contributed by atoms with Gasteiger partial charge in [0.15, 0.2) is 11.6 Å². The van der Waals surface area contributed by atoms with E-state index in [2.05, 4.69) is 0 Å². The van der Waals surface area contributed by atoms with E-state index in [1.807, 2.05) is 10.6 Å². The predicted octanol–water partition coefficient (Wildman–Crippen LogP) is 7.68. The molecule has 0 amide bonds. The summed E-state index contributed by atoms with van der Waals surface area (Å²) < 4.78 is 57.0. The van der Waals surface area contributed by atoms with Crippen LogP contribution >= 0.6 is 0 Å². The average Bonchev–Trinajstić information content (AvgIpc) is 3.37. The molecule has 0 aliphatic carbocycles. The van der Waals surface area contributed by atoms with Crippen LogP contribution in [0, 0.1) is 28.8 Å². The number of benzene rings is 4. The fraction of sp³-hybridized carbons (Fsp3) is 0.229. The van der Waals surface area contributed by atoms with Gasteiger partial charge in [-0.15, -0.1) is 0 Å². The quantitative estimate of drug-likeness (QED) is 0.137. The van der Waals surface area contributed by atoms with Gasteiger partial charge in [0.1, 0.15) is 24.1 Å². The van der Waals surface area contributed by atoms with E-state index in [1.54, 1.807) is 31.4 Å². The highest BCUT2D eigenvalue weighted by molar-refractivity contribution is 5.92. The number of fused-ring (bicyclic) bond motifs is 1. The molecule has 45 heavy (non-hydrogen) atoms. The van der Waals surface area contributed by atoms with Crippen LogP contribution in [-0.2, 0) is 24.3 Å². The average molecular weight is 614 g/mol. The van der Waals surface area contributed by atoms with Gasteiger partial charge in [-0.1, -0.05) is 24.3 Å². The Kier molecular flexibility index (Phi) is 9.80. The Morgan fingerprint density at radius 1 is 0.933 bits per heavy atom. The minimum absolute atomic E-state index is 0.148. The fourth-order valence-electron chi connectivity index (χ4n) is 5.14. The van der Waals surface area contributed by atoms with E-state index in [4.69, 9.17) is 19.7 Å². The van der Waals surface area contributed by atoms with Crippen molar-refractivity contribution in [1.29, 1.82) is 5.26 Å². The van der Waals surface area contributed by atoms with Crippen LogP contribution in [0.15, 0.2) is 72.8 Å². The second-order valence-corrected chi connectivity index (χ2v) is 10.6. The molecule has 4 aromatic carbocycles. The number of aryl methyl sites for hydroxylation is 1. The van der Waals surface area contributed by atoms with Crippen molar-refractivity contribution in [2.75, 3.05) is 13.7 Å². The number of unbranched alkanes of at least 4 members (excludes halogenated alkanes) is 2. The van der Waals surface area contributed by atoms with Gasteiger partial charge in [-0.2, -0.15) is 5.26 Å². The predicted molar refractivity (Wildman–Crippen MR) is 162 cm³/mol. The van der Waals surface area contributed by atoms with Gasteiger partial charge in [-0.05, 0) is 78.9 Å². The van der Waals surface area contributed by atoms with Crippen molar-refractivity contribution in [3.8, 4) is 22.9 Å². The second-order valence-electron chi connectivity index (χ2n) is 10.6. The Hall–Kier alpha value is -5.14. The minimum atomic E-state index is -1.03. The topological polar surface area (TPSA) is 97.4 Å². The van der Waals surface area contributed by atoms with Gasteiger partial charge < -0.3 is 19.1 Å². The first-order valence-electron chi connectivity index (χ1n) is 14.4. The summed E-state index contributed by atoms with van der Waals surface area (Å²) in [4.78, 5) is 16.3. The number of carboxylic acids is 1. The second kappa shape index (κ2) is 14.1. The van der Waals surface area contributed by atoms with Gasteiger partial charge in [0.2, 0.25) is 0 Å². The lowest BCUT2D eigenvalue weighted by atomic mass is 10.0. The number of aromatic nitrogens is 2. The number of carboxylic acid groups (broad SMARTS) is 1. The number of carbonyl (C=O) groups is 1. The van der Waals surface area contributed by atoms with E-state index < -0.39 is 23.4 Å². The normalized spacial score (nSPS) is 11.1. The first kappa shape index (κ1) is 31.3. The molecule has 0 spiro atoms. The number of methoxy groups -OCH3 is 1. The highest BCUT2D eigenvalue weighted by Gasteiger charge is 2.16. The number of aromatic carboxylic acids is 1. The van der Waals surface area contributed by atoms with Gasteiger partial charge in [0, 0.05) is 37.8 Å². The summed E-state index contributed by atoms with van der Waals surface area (Å²) in [7, 11) is 1.66. The molecule has 10 heteroatoms. The SMILES string of the molecule is COCCCCCn1c(Cc2ccc(-c3ccc(F)c(OCc4ccc(C#N)cc4F)c3)c(F)c2)nc2ccc(C(=O)O)cc21. The summed E-state index contributed by atoms with van der Waals surface area (Å²) in [6, 6.07) is 19.3. The zero-order chi connectivity index (χ0) is 31.9. The molecule has 230 valence electrons. The lowest BCUT2D eigenvalue weighted by Gasteiger charge is -2.12. The van der Waals surface area contributed by atoms with Crippen molar-refractivity contribution in [2.45, 2.75) is 38.8 Å². The smallest absolute Gasteiger partial charge is 0.335 e. The van der Waals surface area contributed by atoms with Gasteiger partial charge in [-0.25, -0.2) is 22.9 Å². The Bertz CT molecular complexity index is 1900. The van der Waals surface area contributed by atoms with Gasteiger partial charge in [-0.3, -0.25) is 0 Å². The van der Waals surface area contributed by atoms with Crippen LogP contribution in [0.1, 0.15) is 52.1 Å². The van der Waals surface area contributed by atoms with Crippen LogP contribution in [0.3, 0.4) is 0 Å². The maximum atomic E-state index is 15.5. The van der Waals surface area contributed by atoms with E-state index >= 15 is 4.39 Å². The number of hydrogen-bond acceptors (Lipinski definition) is 5. The summed E-state index contributed by atoms with van der Waals surface area (Å²) in [5.41, 5.74) is 3.08. The van der Waals surface area contributed by atoms with Crippen molar-refractivity contribution in [3.05, 3.63) is 118 Å². The highest BCUT2D eigenvalue weighted by Crippen LogP contribution is 2.30. The first-order chi connectivity index (χ1) is 21.8. The summed E-state index contributed by atoms with van der Waals surface area (Å²) in [5.74, 6) is -2.37. The highest BCUT2D eigenvalue weighted by atomic mass is 19.1. The van der Waals surface area contributed by atoms with Crippen molar-refractivity contribution < 1.29 is 32.5 Å². The third-order valence-electron chi connectivity index (χ3n) is 7.51. The molecular formula is C35H30F3N3O4. The number of nitriles is 1. The monoisotopic (exact) mass is 613 g/mol. The number of ether oxygens (including phenoxy) is 2. The van der Waals surface area contributed by atoms with Crippen molar-refractivity contribution in [2.24, 2.45) is 0 Å². The molecule has 0 fully saturated rings. The van der Waals surface area contributed by atoms with E-state index in [0.717, 1.165) is 31.4 Å². The van der Waals surface area contributed by atoms with Crippen molar-refractivity contribution in [1.82, 2.24) is 9.55 Å². The maximum absolute atomic E-state index is 15.5. The van der Waals surface area contributed by atoms with Crippen molar-refractivity contribution in [3.63, 3.8) is 0 Å². The Labute approximate surface area is 258 Å². The Morgan fingerprint density at radius 2 is 1.78 bits per heavy atom. The van der Waals surface area contributed by atoms with E-state index in [-0.39, 0.29) is 34.6 Å². The molecule has 0 atom stereocenters. The molecule has 1 heterocycles. The van der Waals surface area contributed by atoms with E-state index in [9.17, 15) is 18.7 Å². The van der Waals surface area contributed by atoms with Crippen LogP contribution in [0.25, 0.3) is 22.2 Å². The molecule has 5 aromatic rings. The van der Waals surface area contributed by atoms with Crippen LogP contribution in [0.2, 0.25) is 0 Å². The zero-order valence-electron chi connectivity index (χ0n) is 24.5. The summed E-state index contributed by atoms with van der Waals surface area (Å²) in [6.07, 6.45) is 2.95. The number of imidazole rings is 1. The largest absolute Gasteiger partial charge is 0.486 e. The first-order valence-corrected chi connectivity index (χ1v) is 14.4. The molecule has 1 aromatic heterocycles. The van der Waals surface area contributed by atoms with Crippen LogP contribution in [0.5, 0.6) is 5.75 Å². The van der Waals surface area contributed by atoms with Gasteiger partial charge in [0.25, 0.3) is 0 Å². The molecule has 0 aliphatic heterocycles. The number of rotatable bonds is 13. The number of halogens is 3. The molecule has 7 nitrogen and oxygen atoms in total. The standard InChI is InChI=1S/C35H30F3N3O4/c1-44-14-4-2-3-13-41-32-18-25(35(42)43)9-12-31(32)40-34(41)17-22-6-10-27(30(38)15-22)24-8-11-28(36)33(19-24)45-21-26-7-5-23(20-39)16-29(26)37/h5-12,15-16,18-19H,2-4,13-14,17,21H2,1H3,(H,42,43). The lowest BCUT2D eigenvalue weighted by Crippen LogP contribution is -2.06. The molecular weight excluding hydrogens is 583 g/mol. The summed E-state index contributed by atoms with van der Waals surface area (Å²) in [6.45, 7) is 0.994. The van der Waals surface area contributed by atoms with Crippen molar-refractivity contribution >= 4 is 17.0 Å². The fourth-order valence-corrected chi connectivity index (χ4v) is 5.14. The lowest BCUT2D eigenvalue weighted by molar-refractivity contribution is 0.0697. The zero-order valence-corrected chi connectivity index (χ0v) is 24.5. The molecule has 0 radical (unpaired) electrons. The minimum Gasteiger partial charge on any atom is -0.486 e. The molecule has 0 saturated carbocycles. The van der Waals surface area contributed by atoms with Crippen LogP contribution < -0.4 is 4.74 Å². The van der Waals surface area contributed by atoms with Gasteiger partial charge in [0.05, 0.1) is 28.2 Å². The maximum Gasteiger partial charge on any atom is 0.335 e. The third kappa shape index (κ3) is 7.33. The van der Waals surface area contributed by atoms with Crippen LogP contribution in [-0.4, -0.2) is 34.3 Å². The summed E-state index contributed by atoms with van der Waals surface area (Å²) in [5, 5.41) is 18.4. The van der Waals surface area contributed by atoms with Gasteiger partial charge >= 0.3 is 5.97 Å². The summed E-state index contributed by atoms with van der Waals surface area (Å²) >= 11 is 0. The molecule has 0 unspecified atom stereocenters. The molecule has 0 saturated heterocycles. The molecule has 0 aliphatic rings. The molecule has 0 bridgehead atoms. The molecule has 1 N–H and O–H groups in total. The van der Waals surface area contributed by atoms with E-state index in [1.165, 1.54) is 36.4 Å². The number of hydrogen-bond donors (Lipinski definition) is 1. The number of nitrogens with zero attached hydrogens (tertiary/aromatic N) is 3. The Morgan fingerprint density at radius 3 is 2.51 bits per heavy atom. The third-order valence-corrected chi connectivity index (χ3v) is 7.51. The Balaban J connectivity index is 1.37. The van der Waals surface area contributed by atoms with E-state index in [0.29, 0.717) is 47.6 Å². The molecule has 5 rings (SSSR count). The van der Waals surface area contributed by atoms with Crippen LogP contribution in [0.4, 0.5) is 13.2 Å².